The van der Waals surface area contributed by atoms with Crippen LogP contribution in [-0.4, -0.2) is 51.3 Å². The summed E-state index contributed by atoms with van der Waals surface area (Å²) in [5.41, 5.74) is 0.615. The van der Waals surface area contributed by atoms with Crippen LogP contribution in [0, 0.1) is 5.41 Å². The third-order valence-corrected chi connectivity index (χ3v) is 4.42. The summed E-state index contributed by atoms with van der Waals surface area (Å²) >= 11 is 0. The Morgan fingerprint density at radius 1 is 1.33 bits per heavy atom. The quantitative estimate of drug-likeness (QED) is 0.472. The van der Waals surface area contributed by atoms with E-state index in [-0.39, 0.29) is 0 Å². The number of ether oxygens (including phenoxy) is 1. The summed E-state index contributed by atoms with van der Waals surface area (Å²) in [7, 11) is 3.64. The molecule has 0 unspecified atom stereocenters. The molecule has 0 atom stereocenters. The van der Waals surface area contributed by atoms with E-state index in [4.69, 9.17) is 4.74 Å². The summed E-state index contributed by atoms with van der Waals surface area (Å²) in [5, 5.41) is 3.45. The van der Waals surface area contributed by atoms with Crippen molar-refractivity contribution in [2.75, 3.05) is 40.4 Å². The average molecular weight is 253 g/mol. The second-order valence-corrected chi connectivity index (χ2v) is 5.70. The number of aliphatic imine (C=N–C) groups is 1. The van der Waals surface area contributed by atoms with Gasteiger partial charge in [0.05, 0.1) is 0 Å². The molecule has 2 rings (SSSR count). The van der Waals surface area contributed by atoms with E-state index in [2.05, 4.69) is 15.2 Å². The van der Waals surface area contributed by atoms with Crippen molar-refractivity contribution in [2.24, 2.45) is 10.4 Å². The monoisotopic (exact) mass is 253 g/mol. The second-order valence-electron chi connectivity index (χ2n) is 5.70. The standard InChI is InChI=1S/C14H27N3O/c1-15-13(16-9-5-11-18-2)17-10-8-14(12-17)6-3-4-7-14/h3-12H2,1-2H3,(H,15,16). The van der Waals surface area contributed by atoms with Crippen LogP contribution in [0.4, 0.5) is 0 Å². The highest BCUT2D eigenvalue weighted by Crippen LogP contribution is 2.45. The first-order valence-electron chi connectivity index (χ1n) is 7.24. The molecule has 0 aromatic carbocycles. The lowest BCUT2D eigenvalue weighted by atomic mass is 9.86. The first-order chi connectivity index (χ1) is 8.79. The summed E-state index contributed by atoms with van der Waals surface area (Å²) in [6, 6.07) is 0. The highest BCUT2D eigenvalue weighted by molar-refractivity contribution is 5.80. The Bertz CT molecular complexity index is 285. The predicted molar refractivity (Wildman–Crippen MR) is 74.9 cm³/mol. The minimum Gasteiger partial charge on any atom is -0.385 e. The van der Waals surface area contributed by atoms with Crippen molar-refractivity contribution in [3.8, 4) is 0 Å². The van der Waals surface area contributed by atoms with Crippen LogP contribution in [0.25, 0.3) is 0 Å². The molecule has 1 aliphatic heterocycles. The Hall–Kier alpha value is -0.770. The van der Waals surface area contributed by atoms with Gasteiger partial charge in [0.2, 0.25) is 0 Å². The first-order valence-corrected chi connectivity index (χ1v) is 7.24. The molecule has 104 valence electrons. The van der Waals surface area contributed by atoms with Gasteiger partial charge in [-0.15, -0.1) is 0 Å². The highest BCUT2D eigenvalue weighted by atomic mass is 16.5. The highest BCUT2D eigenvalue weighted by Gasteiger charge is 2.40. The number of rotatable bonds is 4. The van der Waals surface area contributed by atoms with Crippen molar-refractivity contribution < 1.29 is 4.74 Å². The molecule has 1 aliphatic carbocycles. The van der Waals surface area contributed by atoms with Gasteiger partial charge in [-0.05, 0) is 31.1 Å². The molecule has 0 bridgehead atoms. The van der Waals surface area contributed by atoms with E-state index in [0.717, 1.165) is 25.5 Å². The first kappa shape index (κ1) is 13.7. The maximum atomic E-state index is 5.07. The summed E-state index contributed by atoms with van der Waals surface area (Å²) in [6.07, 6.45) is 8.08. The fourth-order valence-electron chi connectivity index (χ4n) is 3.40. The minimum atomic E-state index is 0.615. The Labute approximate surface area is 111 Å². The molecular formula is C14H27N3O. The fraction of sp³-hybridized carbons (Fsp3) is 0.929. The molecule has 1 saturated carbocycles. The van der Waals surface area contributed by atoms with Gasteiger partial charge in [0, 0.05) is 40.4 Å². The zero-order chi connectivity index (χ0) is 12.8. The molecule has 4 nitrogen and oxygen atoms in total. The van der Waals surface area contributed by atoms with E-state index in [0.29, 0.717) is 5.41 Å². The van der Waals surface area contributed by atoms with Gasteiger partial charge in [0.15, 0.2) is 5.96 Å². The molecule has 1 heterocycles. The van der Waals surface area contributed by atoms with Crippen LogP contribution in [-0.2, 0) is 4.74 Å². The van der Waals surface area contributed by atoms with Gasteiger partial charge in [-0.2, -0.15) is 0 Å². The Kier molecular flexibility index (Phi) is 4.87. The van der Waals surface area contributed by atoms with Gasteiger partial charge < -0.3 is 15.0 Å². The third kappa shape index (κ3) is 3.16. The second kappa shape index (κ2) is 6.41. The number of likely N-dealkylation sites (tertiary alicyclic amines) is 1. The van der Waals surface area contributed by atoms with Crippen molar-refractivity contribution in [1.29, 1.82) is 0 Å². The number of nitrogens with one attached hydrogen (secondary N) is 1. The predicted octanol–water partition coefficient (Wildman–Crippen LogP) is 1.86. The summed E-state index contributed by atoms with van der Waals surface area (Å²) < 4.78 is 5.07. The smallest absolute Gasteiger partial charge is 0.193 e. The maximum absolute atomic E-state index is 5.07. The van der Waals surface area contributed by atoms with Crippen LogP contribution in [0.2, 0.25) is 0 Å². The van der Waals surface area contributed by atoms with Crippen molar-refractivity contribution in [3.63, 3.8) is 0 Å². The van der Waals surface area contributed by atoms with Gasteiger partial charge in [0.25, 0.3) is 0 Å². The molecule has 1 spiro atoms. The van der Waals surface area contributed by atoms with Crippen LogP contribution >= 0.6 is 0 Å². The molecule has 0 aromatic rings. The van der Waals surface area contributed by atoms with E-state index in [1.807, 2.05) is 7.05 Å². The fourth-order valence-corrected chi connectivity index (χ4v) is 3.40. The number of guanidine groups is 1. The molecule has 2 aliphatic rings. The van der Waals surface area contributed by atoms with Crippen molar-refractivity contribution in [2.45, 2.75) is 38.5 Å². The topological polar surface area (TPSA) is 36.9 Å². The maximum Gasteiger partial charge on any atom is 0.193 e. The zero-order valence-electron chi connectivity index (χ0n) is 11.9. The lowest BCUT2D eigenvalue weighted by Crippen LogP contribution is -2.41. The van der Waals surface area contributed by atoms with E-state index >= 15 is 0 Å². The molecule has 1 N–H and O–H groups in total. The van der Waals surface area contributed by atoms with E-state index < -0.39 is 0 Å². The molecule has 0 amide bonds. The van der Waals surface area contributed by atoms with Crippen LogP contribution in [0.15, 0.2) is 4.99 Å². The third-order valence-electron chi connectivity index (χ3n) is 4.42. The Morgan fingerprint density at radius 3 is 2.78 bits per heavy atom. The van der Waals surface area contributed by atoms with E-state index in [1.165, 1.54) is 45.2 Å². The molecule has 2 fully saturated rings. The average Bonchev–Trinajstić information content (AvgIpc) is 3.01. The largest absolute Gasteiger partial charge is 0.385 e. The summed E-state index contributed by atoms with van der Waals surface area (Å²) in [5.74, 6) is 1.08. The number of hydrogen-bond donors (Lipinski definition) is 1. The molecule has 18 heavy (non-hydrogen) atoms. The summed E-state index contributed by atoms with van der Waals surface area (Å²) in [4.78, 5) is 6.86. The molecule has 0 aromatic heterocycles. The van der Waals surface area contributed by atoms with Gasteiger partial charge in [0.1, 0.15) is 0 Å². The van der Waals surface area contributed by atoms with Gasteiger partial charge in [-0.1, -0.05) is 12.8 Å². The Morgan fingerprint density at radius 2 is 2.11 bits per heavy atom. The normalized spacial score (nSPS) is 23.0. The zero-order valence-corrected chi connectivity index (χ0v) is 11.9. The van der Waals surface area contributed by atoms with Crippen LogP contribution in [0.3, 0.4) is 0 Å². The SMILES string of the molecule is CN=C(NCCCOC)N1CCC2(CCCC2)C1. The number of nitrogens with zero attached hydrogens (tertiary/aromatic N) is 2. The van der Waals surface area contributed by atoms with Gasteiger partial charge in [-0.25, -0.2) is 0 Å². The molecule has 4 heteroatoms. The van der Waals surface area contributed by atoms with Crippen LogP contribution < -0.4 is 5.32 Å². The summed E-state index contributed by atoms with van der Waals surface area (Å²) in [6.45, 7) is 4.14. The van der Waals surface area contributed by atoms with Crippen LogP contribution in [0.1, 0.15) is 38.5 Å². The molecular weight excluding hydrogens is 226 g/mol. The van der Waals surface area contributed by atoms with Crippen LogP contribution in [0.5, 0.6) is 0 Å². The lowest BCUT2D eigenvalue weighted by Gasteiger charge is -2.25. The Balaban J connectivity index is 1.79. The number of hydrogen-bond acceptors (Lipinski definition) is 2. The number of methoxy groups -OCH3 is 1. The minimum absolute atomic E-state index is 0.615. The van der Waals surface area contributed by atoms with Crippen molar-refractivity contribution >= 4 is 5.96 Å². The van der Waals surface area contributed by atoms with E-state index in [1.54, 1.807) is 7.11 Å². The molecule has 0 radical (unpaired) electrons. The van der Waals surface area contributed by atoms with Crippen molar-refractivity contribution in [1.82, 2.24) is 10.2 Å². The van der Waals surface area contributed by atoms with Gasteiger partial charge >= 0.3 is 0 Å². The van der Waals surface area contributed by atoms with Crippen molar-refractivity contribution in [3.05, 3.63) is 0 Å². The lowest BCUT2D eigenvalue weighted by molar-refractivity contribution is 0.195. The van der Waals surface area contributed by atoms with E-state index in [9.17, 15) is 0 Å². The van der Waals surface area contributed by atoms with Gasteiger partial charge in [-0.3, -0.25) is 4.99 Å². The molecule has 1 saturated heterocycles.